The number of alkyl halides is 1. The van der Waals surface area contributed by atoms with Crippen LogP contribution >= 0.6 is 15.9 Å². The normalized spacial score (nSPS) is 10.6. The predicted molar refractivity (Wildman–Crippen MR) is 54.6 cm³/mol. The van der Waals surface area contributed by atoms with Gasteiger partial charge in [-0.05, 0) is 24.6 Å². The first kappa shape index (κ1) is 10.3. The Hall–Kier alpha value is -0.830. The van der Waals surface area contributed by atoms with Gasteiger partial charge in [-0.3, -0.25) is 0 Å². The zero-order chi connectivity index (χ0) is 9.52. The number of allylic oxidation sites excluding steroid dienone is 1. The van der Waals surface area contributed by atoms with Gasteiger partial charge in [0.05, 0.1) is 6.26 Å². The SMILES string of the molecule is Fc1ccccc1O/C=C/CCBr. The molecule has 0 saturated carbocycles. The van der Waals surface area contributed by atoms with Crippen molar-refractivity contribution in [3.05, 3.63) is 42.4 Å². The van der Waals surface area contributed by atoms with Gasteiger partial charge in [-0.15, -0.1) is 0 Å². The first-order valence-electron chi connectivity index (χ1n) is 3.97. The van der Waals surface area contributed by atoms with Gasteiger partial charge in [0, 0.05) is 5.33 Å². The molecule has 0 aromatic heterocycles. The molecule has 0 aliphatic heterocycles. The van der Waals surface area contributed by atoms with E-state index < -0.39 is 0 Å². The van der Waals surface area contributed by atoms with Crippen LogP contribution in [0.15, 0.2) is 36.6 Å². The van der Waals surface area contributed by atoms with E-state index >= 15 is 0 Å². The average molecular weight is 245 g/mol. The number of benzene rings is 1. The van der Waals surface area contributed by atoms with E-state index in [9.17, 15) is 4.39 Å². The second-order valence-corrected chi connectivity index (χ2v) is 3.19. The zero-order valence-electron chi connectivity index (χ0n) is 7.04. The summed E-state index contributed by atoms with van der Waals surface area (Å²) in [6.45, 7) is 0. The Balaban J connectivity index is 2.49. The smallest absolute Gasteiger partial charge is 0.165 e. The van der Waals surface area contributed by atoms with Gasteiger partial charge in [0.25, 0.3) is 0 Å². The molecule has 0 radical (unpaired) electrons. The zero-order valence-corrected chi connectivity index (χ0v) is 8.63. The molecule has 13 heavy (non-hydrogen) atoms. The topological polar surface area (TPSA) is 9.23 Å². The summed E-state index contributed by atoms with van der Waals surface area (Å²) in [4.78, 5) is 0. The highest BCUT2D eigenvalue weighted by Crippen LogP contribution is 2.15. The number of hydrogen-bond acceptors (Lipinski definition) is 1. The van der Waals surface area contributed by atoms with E-state index in [0.717, 1.165) is 11.8 Å². The van der Waals surface area contributed by atoms with E-state index in [2.05, 4.69) is 15.9 Å². The van der Waals surface area contributed by atoms with Crippen LogP contribution in [0.4, 0.5) is 4.39 Å². The molecule has 3 heteroatoms. The quantitative estimate of drug-likeness (QED) is 0.582. The van der Waals surface area contributed by atoms with Crippen LogP contribution in [0.1, 0.15) is 6.42 Å². The van der Waals surface area contributed by atoms with Crippen molar-refractivity contribution < 1.29 is 9.13 Å². The van der Waals surface area contributed by atoms with E-state index in [4.69, 9.17) is 4.74 Å². The van der Waals surface area contributed by atoms with Gasteiger partial charge in [0.2, 0.25) is 0 Å². The van der Waals surface area contributed by atoms with E-state index in [1.807, 2.05) is 6.08 Å². The fourth-order valence-electron chi connectivity index (χ4n) is 0.793. The largest absolute Gasteiger partial charge is 0.462 e. The van der Waals surface area contributed by atoms with Crippen LogP contribution in [0.5, 0.6) is 5.75 Å². The summed E-state index contributed by atoms with van der Waals surface area (Å²) in [5.74, 6) is -0.0840. The summed E-state index contributed by atoms with van der Waals surface area (Å²) in [5, 5.41) is 0.879. The van der Waals surface area contributed by atoms with Crippen molar-refractivity contribution >= 4 is 15.9 Å². The minimum absolute atomic E-state index is 0.258. The standard InChI is InChI=1S/C10H10BrFO/c11-7-3-4-8-13-10-6-2-1-5-9(10)12/h1-2,4-6,8H,3,7H2/b8-4+. The van der Waals surface area contributed by atoms with E-state index in [0.29, 0.717) is 0 Å². The first-order chi connectivity index (χ1) is 6.34. The Morgan fingerprint density at radius 3 is 2.85 bits per heavy atom. The molecular weight excluding hydrogens is 235 g/mol. The fraction of sp³-hybridized carbons (Fsp3) is 0.200. The van der Waals surface area contributed by atoms with Crippen LogP contribution in [0.3, 0.4) is 0 Å². The maximum absolute atomic E-state index is 12.9. The third-order valence-corrected chi connectivity index (χ3v) is 1.86. The number of rotatable bonds is 4. The van der Waals surface area contributed by atoms with Crippen molar-refractivity contribution in [2.75, 3.05) is 5.33 Å². The van der Waals surface area contributed by atoms with Gasteiger partial charge in [0.15, 0.2) is 11.6 Å². The van der Waals surface area contributed by atoms with Crippen molar-refractivity contribution in [2.45, 2.75) is 6.42 Å². The molecule has 0 spiro atoms. The van der Waals surface area contributed by atoms with E-state index in [1.54, 1.807) is 18.2 Å². The number of para-hydroxylation sites is 1. The van der Waals surface area contributed by atoms with Crippen molar-refractivity contribution in [1.82, 2.24) is 0 Å². The molecule has 0 N–H and O–H groups in total. The minimum atomic E-state index is -0.342. The summed E-state index contributed by atoms with van der Waals surface area (Å²) in [6.07, 6.45) is 4.20. The molecule has 1 aromatic rings. The molecule has 70 valence electrons. The molecule has 0 unspecified atom stereocenters. The maximum Gasteiger partial charge on any atom is 0.165 e. The van der Waals surface area contributed by atoms with Crippen LogP contribution in [0.2, 0.25) is 0 Å². The lowest BCUT2D eigenvalue weighted by Crippen LogP contribution is -1.85. The lowest BCUT2D eigenvalue weighted by atomic mass is 10.3. The number of halogens is 2. The number of ether oxygens (including phenoxy) is 1. The summed E-state index contributed by atoms with van der Waals surface area (Å²) in [7, 11) is 0. The molecule has 0 bridgehead atoms. The first-order valence-corrected chi connectivity index (χ1v) is 5.09. The molecule has 0 aliphatic rings. The third kappa shape index (κ3) is 3.59. The van der Waals surface area contributed by atoms with Gasteiger partial charge in [-0.1, -0.05) is 28.1 Å². The molecule has 0 heterocycles. The Labute approximate surface area is 85.3 Å². The lowest BCUT2D eigenvalue weighted by Gasteiger charge is -1.99. The Bertz CT molecular complexity index is 286. The number of hydrogen-bond donors (Lipinski definition) is 0. The second-order valence-electron chi connectivity index (χ2n) is 2.40. The Morgan fingerprint density at radius 2 is 2.15 bits per heavy atom. The van der Waals surface area contributed by atoms with Crippen LogP contribution in [-0.4, -0.2) is 5.33 Å². The van der Waals surface area contributed by atoms with Crippen LogP contribution < -0.4 is 4.74 Å². The van der Waals surface area contributed by atoms with Gasteiger partial charge < -0.3 is 4.74 Å². The summed E-state index contributed by atoms with van der Waals surface area (Å²) >= 11 is 3.27. The highest BCUT2D eigenvalue weighted by atomic mass is 79.9. The van der Waals surface area contributed by atoms with Crippen molar-refractivity contribution in [2.24, 2.45) is 0 Å². The van der Waals surface area contributed by atoms with Crippen molar-refractivity contribution in [1.29, 1.82) is 0 Å². The van der Waals surface area contributed by atoms with E-state index in [1.165, 1.54) is 12.3 Å². The van der Waals surface area contributed by atoms with Gasteiger partial charge in [0.1, 0.15) is 0 Å². The van der Waals surface area contributed by atoms with Crippen molar-refractivity contribution in [3.8, 4) is 5.75 Å². The van der Waals surface area contributed by atoms with E-state index in [-0.39, 0.29) is 11.6 Å². The maximum atomic E-state index is 12.9. The van der Waals surface area contributed by atoms with Crippen molar-refractivity contribution in [3.63, 3.8) is 0 Å². The third-order valence-electron chi connectivity index (χ3n) is 1.40. The molecule has 0 saturated heterocycles. The monoisotopic (exact) mass is 244 g/mol. The van der Waals surface area contributed by atoms with Gasteiger partial charge in [-0.2, -0.15) is 0 Å². The fourth-order valence-corrected chi connectivity index (χ4v) is 1.06. The molecule has 0 aliphatic carbocycles. The van der Waals surface area contributed by atoms with Gasteiger partial charge in [-0.25, -0.2) is 4.39 Å². The van der Waals surface area contributed by atoms with Crippen LogP contribution in [-0.2, 0) is 0 Å². The molecule has 1 aromatic carbocycles. The van der Waals surface area contributed by atoms with Gasteiger partial charge >= 0.3 is 0 Å². The Kier molecular flexibility index (Phi) is 4.54. The summed E-state index contributed by atoms with van der Waals surface area (Å²) < 4.78 is 18.0. The molecule has 0 amide bonds. The summed E-state index contributed by atoms with van der Waals surface area (Å²) in [6, 6.07) is 6.32. The second kappa shape index (κ2) is 5.75. The highest BCUT2D eigenvalue weighted by Gasteiger charge is 1.97. The molecular formula is C10H10BrFO. The predicted octanol–water partition coefficient (Wildman–Crippen LogP) is 3.50. The molecule has 1 nitrogen and oxygen atoms in total. The molecule has 0 fully saturated rings. The Morgan fingerprint density at radius 1 is 1.38 bits per heavy atom. The van der Waals surface area contributed by atoms with Crippen LogP contribution in [0, 0.1) is 5.82 Å². The highest BCUT2D eigenvalue weighted by molar-refractivity contribution is 9.09. The minimum Gasteiger partial charge on any atom is -0.462 e. The molecule has 0 atom stereocenters. The van der Waals surface area contributed by atoms with Crippen LogP contribution in [0.25, 0.3) is 0 Å². The summed E-state index contributed by atoms with van der Waals surface area (Å²) in [5.41, 5.74) is 0. The lowest BCUT2D eigenvalue weighted by molar-refractivity contribution is 0.439. The average Bonchev–Trinajstić information content (AvgIpc) is 2.15. The molecule has 1 rings (SSSR count).